The van der Waals surface area contributed by atoms with E-state index in [-0.39, 0.29) is 0 Å². The lowest BCUT2D eigenvalue weighted by Crippen LogP contribution is -2.17. The third-order valence-electron chi connectivity index (χ3n) is 3.33. The van der Waals surface area contributed by atoms with Crippen LogP contribution in [0.15, 0.2) is 59.6 Å². The summed E-state index contributed by atoms with van der Waals surface area (Å²) in [5.74, 6) is 1.51. The van der Waals surface area contributed by atoms with Crippen LogP contribution >= 0.6 is 35.7 Å². The summed E-state index contributed by atoms with van der Waals surface area (Å²) in [6.07, 6.45) is 0. The Labute approximate surface area is 149 Å². The fraction of sp³-hybridized carbons (Fsp3) is 0.176. The number of benzene rings is 2. The molecule has 0 amide bonds. The summed E-state index contributed by atoms with van der Waals surface area (Å²) in [6, 6.07) is 18.4. The first kappa shape index (κ1) is 16.4. The lowest BCUT2D eigenvalue weighted by Gasteiger charge is -2.02. The van der Waals surface area contributed by atoms with E-state index in [4.69, 9.17) is 5.41 Å². The molecule has 0 saturated heterocycles. The number of rotatable bonds is 4. The first-order valence-electron chi connectivity index (χ1n) is 7.27. The molecule has 3 nitrogen and oxygen atoms in total. The molecule has 0 saturated carbocycles. The SMILES string of the molecule is N=C(/N=c1/sc2ccccc2n1CCS)SCc1ccccc1. The van der Waals surface area contributed by atoms with Crippen molar-refractivity contribution in [1.82, 2.24) is 4.57 Å². The Kier molecular flexibility index (Phi) is 5.59. The molecule has 3 aromatic rings. The Hall–Kier alpha value is -1.50. The van der Waals surface area contributed by atoms with Crippen molar-refractivity contribution in [3.8, 4) is 0 Å². The van der Waals surface area contributed by atoms with Gasteiger partial charge in [-0.05, 0) is 17.7 Å². The minimum atomic E-state index is 0.341. The van der Waals surface area contributed by atoms with Crippen LogP contribution in [0.3, 0.4) is 0 Å². The summed E-state index contributed by atoms with van der Waals surface area (Å²) in [4.78, 5) is 5.39. The quantitative estimate of drug-likeness (QED) is 0.405. The average Bonchev–Trinajstić information content (AvgIpc) is 2.92. The van der Waals surface area contributed by atoms with E-state index < -0.39 is 0 Å². The molecule has 1 heterocycles. The summed E-state index contributed by atoms with van der Waals surface area (Å²) < 4.78 is 3.33. The van der Waals surface area contributed by atoms with E-state index in [1.807, 2.05) is 30.3 Å². The number of para-hydroxylation sites is 1. The molecule has 2 aromatic carbocycles. The number of fused-ring (bicyclic) bond motifs is 1. The molecule has 23 heavy (non-hydrogen) atoms. The van der Waals surface area contributed by atoms with E-state index in [9.17, 15) is 0 Å². The number of thiazole rings is 1. The standard InChI is InChI=1S/C17H17N3S3/c18-16(22-12-13-6-2-1-3-7-13)19-17-20(10-11-21)14-8-4-5-9-15(14)23-17/h1-9,18,21H,10-12H2/b18-16?,19-17+. The average molecular weight is 360 g/mol. The molecule has 0 aliphatic rings. The van der Waals surface area contributed by atoms with Gasteiger partial charge in [-0.2, -0.15) is 17.6 Å². The predicted molar refractivity (Wildman–Crippen MR) is 105 cm³/mol. The highest BCUT2D eigenvalue weighted by molar-refractivity contribution is 8.13. The Balaban J connectivity index is 1.84. The Bertz CT molecular complexity index is 865. The Morgan fingerprint density at radius 1 is 1.13 bits per heavy atom. The summed E-state index contributed by atoms with van der Waals surface area (Å²) in [5, 5.41) is 8.49. The van der Waals surface area contributed by atoms with Crippen molar-refractivity contribution < 1.29 is 0 Å². The molecule has 1 aromatic heterocycles. The molecule has 0 unspecified atom stereocenters. The van der Waals surface area contributed by atoms with E-state index in [0.29, 0.717) is 5.17 Å². The molecule has 3 rings (SSSR count). The van der Waals surface area contributed by atoms with E-state index in [0.717, 1.165) is 28.4 Å². The molecule has 6 heteroatoms. The van der Waals surface area contributed by atoms with Gasteiger partial charge in [-0.15, -0.1) is 0 Å². The molecule has 1 N–H and O–H groups in total. The maximum atomic E-state index is 8.15. The van der Waals surface area contributed by atoms with Crippen LogP contribution in [0.4, 0.5) is 0 Å². The lowest BCUT2D eigenvalue weighted by molar-refractivity contribution is 0.778. The van der Waals surface area contributed by atoms with Gasteiger partial charge in [0.05, 0.1) is 10.2 Å². The first-order chi connectivity index (χ1) is 11.3. The minimum Gasteiger partial charge on any atom is -0.316 e. The third-order valence-corrected chi connectivity index (χ3v) is 5.43. The highest BCUT2D eigenvalue weighted by atomic mass is 32.2. The van der Waals surface area contributed by atoms with Crippen LogP contribution in [0.2, 0.25) is 0 Å². The van der Waals surface area contributed by atoms with E-state index in [1.54, 1.807) is 11.3 Å². The van der Waals surface area contributed by atoms with Crippen LogP contribution < -0.4 is 4.80 Å². The van der Waals surface area contributed by atoms with Crippen LogP contribution in [-0.4, -0.2) is 15.5 Å². The maximum absolute atomic E-state index is 8.15. The van der Waals surface area contributed by atoms with E-state index in [2.05, 4.69) is 46.5 Å². The van der Waals surface area contributed by atoms with Crippen molar-refractivity contribution in [2.45, 2.75) is 12.3 Å². The predicted octanol–water partition coefficient (Wildman–Crippen LogP) is 4.40. The topological polar surface area (TPSA) is 41.1 Å². The monoisotopic (exact) mass is 359 g/mol. The van der Waals surface area contributed by atoms with Crippen LogP contribution in [0.25, 0.3) is 10.2 Å². The number of amidine groups is 1. The number of nitrogens with one attached hydrogen (secondary N) is 1. The van der Waals surface area contributed by atoms with E-state index in [1.165, 1.54) is 22.0 Å². The molecule has 118 valence electrons. The molecule has 0 spiro atoms. The van der Waals surface area contributed by atoms with Crippen LogP contribution in [0.1, 0.15) is 5.56 Å². The van der Waals surface area contributed by atoms with Gasteiger partial charge < -0.3 is 4.57 Å². The summed E-state index contributed by atoms with van der Waals surface area (Å²) >= 11 is 7.42. The van der Waals surface area contributed by atoms with Crippen molar-refractivity contribution in [2.75, 3.05) is 5.75 Å². The van der Waals surface area contributed by atoms with Crippen molar-refractivity contribution >= 4 is 51.1 Å². The zero-order valence-corrected chi connectivity index (χ0v) is 15.0. The van der Waals surface area contributed by atoms with Gasteiger partial charge in [0.25, 0.3) is 0 Å². The third kappa shape index (κ3) is 4.07. The van der Waals surface area contributed by atoms with Crippen molar-refractivity contribution in [3.05, 3.63) is 65.0 Å². The molecule has 0 atom stereocenters. The van der Waals surface area contributed by atoms with Gasteiger partial charge in [-0.3, -0.25) is 5.41 Å². The fourth-order valence-corrected chi connectivity index (χ4v) is 4.23. The lowest BCUT2D eigenvalue weighted by atomic mass is 10.2. The molecule has 0 bridgehead atoms. The highest BCUT2D eigenvalue weighted by Crippen LogP contribution is 2.18. The summed E-state index contributed by atoms with van der Waals surface area (Å²) in [7, 11) is 0. The maximum Gasteiger partial charge on any atom is 0.192 e. The summed E-state index contributed by atoms with van der Waals surface area (Å²) in [6.45, 7) is 0.794. The van der Waals surface area contributed by atoms with E-state index >= 15 is 0 Å². The normalized spacial score (nSPS) is 12.0. The van der Waals surface area contributed by atoms with Crippen LogP contribution in [0, 0.1) is 5.41 Å². The number of thiol groups is 1. The van der Waals surface area contributed by atoms with Gasteiger partial charge >= 0.3 is 0 Å². The molecule has 0 aliphatic carbocycles. The summed E-state index contributed by atoms with van der Waals surface area (Å²) in [5.41, 5.74) is 2.36. The van der Waals surface area contributed by atoms with Gasteiger partial charge in [-0.1, -0.05) is 65.6 Å². The van der Waals surface area contributed by atoms with Gasteiger partial charge in [0.2, 0.25) is 0 Å². The van der Waals surface area contributed by atoms with Gasteiger partial charge in [0, 0.05) is 18.1 Å². The number of hydrogen-bond acceptors (Lipinski definition) is 4. The number of aromatic nitrogens is 1. The second kappa shape index (κ2) is 7.86. The second-order valence-corrected chi connectivity index (χ2v) is 7.34. The number of nitrogens with zero attached hydrogens (tertiary/aromatic N) is 2. The number of hydrogen-bond donors (Lipinski definition) is 2. The first-order valence-corrected chi connectivity index (χ1v) is 9.70. The van der Waals surface area contributed by atoms with Gasteiger partial charge in [-0.25, -0.2) is 0 Å². The molecular weight excluding hydrogens is 342 g/mol. The van der Waals surface area contributed by atoms with Gasteiger partial charge in [0.1, 0.15) is 0 Å². The van der Waals surface area contributed by atoms with Crippen molar-refractivity contribution in [1.29, 1.82) is 5.41 Å². The smallest absolute Gasteiger partial charge is 0.192 e. The van der Waals surface area contributed by atoms with Gasteiger partial charge in [0.15, 0.2) is 9.97 Å². The highest BCUT2D eigenvalue weighted by Gasteiger charge is 2.06. The number of aryl methyl sites for hydroxylation is 1. The fourth-order valence-electron chi connectivity index (χ4n) is 2.27. The number of thioether (sulfide) groups is 1. The largest absolute Gasteiger partial charge is 0.316 e. The van der Waals surface area contributed by atoms with Crippen LogP contribution in [0.5, 0.6) is 0 Å². The zero-order chi connectivity index (χ0) is 16.1. The van der Waals surface area contributed by atoms with Crippen molar-refractivity contribution in [2.24, 2.45) is 4.99 Å². The molecular formula is C17H17N3S3. The second-order valence-electron chi connectivity index (χ2n) is 4.92. The molecule has 0 aliphatic heterocycles. The minimum absolute atomic E-state index is 0.341. The van der Waals surface area contributed by atoms with Crippen LogP contribution in [-0.2, 0) is 12.3 Å². The molecule has 0 fully saturated rings. The molecule has 0 radical (unpaired) electrons. The Morgan fingerprint density at radius 2 is 1.87 bits per heavy atom. The Morgan fingerprint density at radius 3 is 2.65 bits per heavy atom. The van der Waals surface area contributed by atoms with Crippen molar-refractivity contribution in [3.63, 3.8) is 0 Å². The zero-order valence-electron chi connectivity index (χ0n) is 12.5.